The Morgan fingerprint density at radius 3 is 2.47 bits per heavy atom. The first kappa shape index (κ1) is 12.1. The van der Waals surface area contributed by atoms with E-state index in [2.05, 4.69) is 9.97 Å². The van der Waals surface area contributed by atoms with Gasteiger partial charge in [0.25, 0.3) is 0 Å². The Kier molecular flexibility index (Phi) is 4.17. The average molecular weight is 210 g/mol. The smallest absolute Gasteiger partial charge is 0.126 e. The number of methoxy groups -OCH3 is 1. The number of aliphatic hydroxyl groups excluding tert-OH is 1. The van der Waals surface area contributed by atoms with Crippen LogP contribution in [0, 0.1) is 0 Å². The van der Waals surface area contributed by atoms with Gasteiger partial charge in [0.15, 0.2) is 0 Å². The largest absolute Gasteiger partial charge is 0.384 e. The van der Waals surface area contributed by atoms with Gasteiger partial charge in [-0.1, -0.05) is 13.8 Å². The maximum absolute atomic E-state index is 10.2. The van der Waals surface area contributed by atoms with Crippen LogP contribution in [-0.4, -0.2) is 27.8 Å². The van der Waals surface area contributed by atoms with E-state index in [1.165, 1.54) is 0 Å². The summed E-state index contributed by atoms with van der Waals surface area (Å²) in [5.41, 5.74) is -0.00111. The zero-order chi connectivity index (χ0) is 11.3. The van der Waals surface area contributed by atoms with E-state index in [1.54, 1.807) is 25.7 Å². The number of hydrogen-bond donors (Lipinski definition) is 1. The Labute approximate surface area is 90.3 Å². The highest BCUT2D eigenvalue weighted by Gasteiger charge is 2.36. The summed E-state index contributed by atoms with van der Waals surface area (Å²) in [5.74, 6) is 0. The van der Waals surface area contributed by atoms with E-state index < -0.39 is 11.7 Å². The van der Waals surface area contributed by atoms with Crippen molar-refractivity contribution in [3.05, 3.63) is 24.3 Å². The number of ether oxygens (including phenoxy) is 1. The highest BCUT2D eigenvalue weighted by Crippen LogP contribution is 2.33. The predicted molar refractivity (Wildman–Crippen MR) is 57.3 cm³/mol. The maximum atomic E-state index is 10.2. The van der Waals surface area contributed by atoms with Crippen LogP contribution in [0.1, 0.15) is 38.5 Å². The summed E-state index contributed by atoms with van der Waals surface area (Å²) in [4.78, 5) is 8.04. The number of rotatable bonds is 5. The average Bonchev–Trinajstić information content (AvgIpc) is 2.33. The zero-order valence-electron chi connectivity index (χ0n) is 9.47. The quantitative estimate of drug-likeness (QED) is 0.804. The van der Waals surface area contributed by atoms with E-state index in [0.717, 1.165) is 12.8 Å². The topological polar surface area (TPSA) is 55.2 Å². The van der Waals surface area contributed by atoms with Gasteiger partial charge in [-0.25, -0.2) is 0 Å². The van der Waals surface area contributed by atoms with Crippen molar-refractivity contribution in [3.63, 3.8) is 0 Å². The fourth-order valence-corrected chi connectivity index (χ4v) is 1.76. The standard InChI is InChI=1S/C11H18N2O2/c1-4-11(5-2,15-3)10(14)9-8-12-6-7-13-9/h6-8,10,14H,4-5H2,1-3H3. The number of hydrogen-bond acceptors (Lipinski definition) is 4. The molecular formula is C11H18N2O2. The van der Waals surface area contributed by atoms with E-state index in [1.807, 2.05) is 13.8 Å². The SMILES string of the molecule is CCC(CC)(OC)C(O)c1cnccn1. The highest BCUT2D eigenvalue weighted by molar-refractivity contribution is 5.06. The second-order valence-corrected chi connectivity index (χ2v) is 3.51. The van der Waals surface area contributed by atoms with E-state index in [9.17, 15) is 5.11 Å². The first-order valence-electron chi connectivity index (χ1n) is 5.19. The molecule has 0 saturated carbocycles. The number of nitrogens with zero attached hydrogens (tertiary/aromatic N) is 2. The van der Waals surface area contributed by atoms with E-state index in [4.69, 9.17) is 4.74 Å². The van der Waals surface area contributed by atoms with E-state index in [-0.39, 0.29) is 0 Å². The van der Waals surface area contributed by atoms with Crippen LogP contribution in [0.5, 0.6) is 0 Å². The molecule has 1 unspecified atom stereocenters. The Morgan fingerprint density at radius 1 is 1.40 bits per heavy atom. The highest BCUT2D eigenvalue weighted by atomic mass is 16.5. The third kappa shape index (κ3) is 2.33. The predicted octanol–water partition coefficient (Wildman–Crippen LogP) is 1.72. The van der Waals surface area contributed by atoms with Gasteiger partial charge in [-0.15, -0.1) is 0 Å². The first-order valence-corrected chi connectivity index (χ1v) is 5.19. The molecule has 0 saturated heterocycles. The lowest BCUT2D eigenvalue weighted by atomic mass is 9.88. The summed E-state index contributed by atoms with van der Waals surface area (Å²) in [7, 11) is 1.62. The fraction of sp³-hybridized carbons (Fsp3) is 0.636. The van der Waals surface area contributed by atoms with Crippen molar-refractivity contribution in [2.45, 2.75) is 38.4 Å². The molecule has 1 atom stereocenters. The Morgan fingerprint density at radius 2 is 2.07 bits per heavy atom. The van der Waals surface area contributed by atoms with Crippen molar-refractivity contribution in [2.75, 3.05) is 7.11 Å². The molecule has 1 heterocycles. The number of aromatic nitrogens is 2. The maximum Gasteiger partial charge on any atom is 0.126 e. The minimum atomic E-state index is -0.730. The van der Waals surface area contributed by atoms with Crippen LogP contribution in [0.3, 0.4) is 0 Å². The van der Waals surface area contributed by atoms with Crippen molar-refractivity contribution in [3.8, 4) is 0 Å². The molecule has 0 aromatic carbocycles. The molecule has 0 bridgehead atoms. The van der Waals surface area contributed by atoms with Crippen LogP contribution in [0.15, 0.2) is 18.6 Å². The summed E-state index contributed by atoms with van der Waals surface area (Å²) >= 11 is 0. The molecule has 0 aliphatic rings. The second-order valence-electron chi connectivity index (χ2n) is 3.51. The minimum absolute atomic E-state index is 0.558. The molecule has 1 aromatic rings. The first-order chi connectivity index (χ1) is 7.20. The fourth-order valence-electron chi connectivity index (χ4n) is 1.76. The summed E-state index contributed by atoms with van der Waals surface area (Å²) in [5, 5.41) is 10.2. The zero-order valence-corrected chi connectivity index (χ0v) is 9.47. The monoisotopic (exact) mass is 210 g/mol. The lowest BCUT2D eigenvalue weighted by Crippen LogP contribution is -2.37. The molecule has 0 aliphatic heterocycles. The van der Waals surface area contributed by atoms with Crippen molar-refractivity contribution >= 4 is 0 Å². The molecular weight excluding hydrogens is 192 g/mol. The van der Waals surface area contributed by atoms with Crippen LogP contribution >= 0.6 is 0 Å². The van der Waals surface area contributed by atoms with Gasteiger partial charge in [-0.2, -0.15) is 0 Å². The minimum Gasteiger partial charge on any atom is -0.384 e. The molecule has 0 radical (unpaired) electrons. The van der Waals surface area contributed by atoms with Gasteiger partial charge >= 0.3 is 0 Å². The summed E-state index contributed by atoms with van der Waals surface area (Å²) in [6, 6.07) is 0. The molecule has 4 nitrogen and oxygen atoms in total. The van der Waals surface area contributed by atoms with E-state index >= 15 is 0 Å². The molecule has 0 spiro atoms. The molecule has 0 amide bonds. The third-order valence-electron chi connectivity index (χ3n) is 2.97. The van der Waals surface area contributed by atoms with E-state index in [0.29, 0.717) is 5.69 Å². The van der Waals surface area contributed by atoms with Gasteiger partial charge in [0.05, 0.1) is 17.5 Å². The van der Waals surface area contributed by atoms with Crippen LogP contribution in [0.25, 0.3) is 0 Å². The molecule has 1 rings (SSSR count). The summed E-state index contributed by atoms with van der Waals surface area (Å²) in [6.45, 7) is 3.99. The van der Waals surface area contributed by atoms with Crippen LogP contribution in [0.4, 0.5) is 0 Å². The van der Waals surface area contributed by atoms with Crippen molar-refractivity contribution in [1.29, 1.82) is 0 Å². The lowest BCUT2D eigenvalue weighted by Gasteiger charge is -2.34. The third-order valence-corrected chi connectivity index (χ3v) is 2.97. The number of aliphatic hydroxyl groups is 1. The van der Waals surface area contributed by atoms with Crippen molar-refractivity contribution in [2.24, 2.45) is 0 Å². The molecule has 0 fully saturated rings. The Balaban J connectivity index is 2.95. The van der Waals surface area contributed by atoms with Gasteiger partial charge in [-0.3, -0.25) is 9.97 Å². The van der Waals surface area contributed by atoms with Crippen molar-refractivity contribution in [1.82, 2.24) is 9.97 Å². The van der Waals surface area contributed by atoms with Gasteiger partial charge in [0.1, 0.15) is 6.10 Å². The van der Waals surface area contributed by atoms with Gasteiger partial charge < -0.3 is 9.84 Å². The van der Waals surface area contributed by atoms with Crippen LogP contribution in [0.2, 0.25) is 0 Å². The van der Waals surface area contributed by atoms with Gasteiger partial charge in [0, 0.05) is 19.5 Å². The molecule has 84 valence electrons. The van der Waals surface area contributed by atoms with Crippen molar-refractivity contribution < 1.29 is 9.84 Å². The van der Waals surface area contributed by atoms with Gasteiger partial charge in [0.2, 0.25) is 0 Å². The van der Waals surface area contributed by atoms with Crippen LogP contribution in [-0.2, 0) is 4.74 Å². The molecule has 4 heteroatoms. The Bertz CT molecular complexity index is 278. The summed E-state index contributed by atoms with van der Waals surface area (Å²) < 4.78 is 5.43. The Hall–Kier alpha value is -1.00. The van der Waals surface area contributed by atoms with Crippen LogP contribution < -0.4 is 0 Å². The molecule has 0 aliphatic carbocycles. The molecule has 1 aromatic heterocycles. The molecule has 1 N–H and O–H groups in total. The lowest BCUT2D eigenvalue weighted by molar-refractivity contribution is -0.111. The normalized spacial score (nSPS) is 13.9. The molecule has 15 heavy (non-hydrogen) atoms. The van der Waals surface area contributed by atoms with Gasteiger partial charge in [-0.05, 0) is 12.8 Å². The second kappa shape index (κ2) is 5.19. The summed E-state index contributed by atoms with van der Waals surface area (Å²) in [6.07, 6.45) is 5.47.